The van der Waals surface area contributed by atoms with Crippen LogP contribution >= 0.6 is 22.9 Å². The summed E-state index contributed by atoms with van der Waals surface area (Å²) in [5.41, 5.74) is 0.209. The van der Waals surface area contributed by atoms with Crippen molar-refractivity contribution in [3.05, 3.63) is 0 Å². The maximum atomic E-state index is 9.28. The summed E-state index contributed by atoms with van der Waals surface area (Å²) in [6.07, 6.45) is 3.66. The van der Waals surface area contributed by atoms with E-state index in [9.17, 15) is 5.11 Å². The number of nitrogens with zero attached hydrogens (tertiary/aromatic N) is 1. The normalized spacial score (nSPS) is 15.0. The second-order valence-electron chi connectivity index (χ2n) is 4.32. The molecule has 2 nitrogen and oxygen atoms in total. The Kier molecular flexibility index (Phi) is 6.50. The van der Waals surface area contributed by atoms with Crippen LogP contribution in [0, 0.1) is 5.41 Å². The number of aliphatic hydroxyl groups excluding tert-OH is 1. The lowest BCUT2D eigenvalue weighted by molar-refractivity contribution is 0.108. The molecule has 1 unspecified atom stereocenters. The first kappa shape index (κ1) is 13.7. The highest BCUT2D eigenvalue weighted by Gasteiger charge is 2.30. The van der Waals surface area contributed by atoms with Gasteiger partial charge < -0.3 is 5.11 Å². The Hall–Kier alpha value is 0.650. The molecule has 0 spiro atoms. The van der Waals surface area contributed by atoms with Gasteiger partial charge in [0, 0.05) is 28.9 Å². The molecule has 0 aromatic rings. The molecule has 0 bridgehead atoms. The van der Waals surface area contributed by atoms with E-state index in [2.05, 4.69) is 46.7 Å². The quantitative estimate of drug-likeness (QED) is 0.602. The zero-order chi connectivity index (χ0) is 10.5. The summed E-state index contributed by atoms with van der Waals surface area (Å²) < 4.78 is 2.09. The van der Waals surface area contributed by atoms with Crippen LogP contribution in [-0.2, 0) is 0 Å². The summed E-state index contributed by atoms with van der Waals surface area (Å²) in [5, 5.41) is 9.28. The summed E-state index contributed by atoms with van der Waals surface area (Å²) in [6.45, 7) is 6.92. The third-order valence-corrected chi connectivity index (χ3v) is 3.35. The number of likely N-dealkylation sites (N-methyl/N-ethyl adjacent to an activating group) is 1. The number of halogens is 1. The lowest BCUT2D eigenvalue weighted by atomic mass is 9.80. The molecule has 0 aliphatic carbocycles. The lowest BCUT2D eigenvalue weighted by Gasteiger charge is -2.36. The molecule has 3 heteroatoms. The van der Waals surface area contributed by atoms with Crippen LogP contribution in [-0.4, -0.2) is 27.9 Å². The molecule has 0 heterocycles. The largest absolute Gasteiger partial charge is 0.395 e. The number of hydrogen-bond acceptors (Lipinski definition) is 2. The van der Waals surface area contributed by atoms with Crippen LogP contribution in [0.3, 0.4) is 0 Å². The first-order valence-electron chi connectivity index (χ1n) is 4.95. The molecule has 0 amide bonds. The van der Waals surface area contributed by atoms with Crippen molar-refractivity contribution in [2.75, 3.05) is 13.7 Å². The van der Waals surface area contributed by atoms with Crippen molar-refractivity contribution in [3.63, 3.8) is 0 Å². The molecule has 0 aliphatic heterocycles. The molecule has 0 aliphatic rings. The van der Waals surface area contributed by atoms with E-state index in [0.717, 1.165) is 0 Å². The fraction of sp³-hybridized carbons (Fsp3) is 1.00. The summed E-state index contributed by atoms with van der Waals surface area (Å²) in [5.74, 6) is 0. The first-order valence-corrected chi connectivity index (χ1v) is 5.91. The summed E-state index contributed by atoms with van der Waals surface area (Å²) in [4.78, 5) is 0. The standard InChI is InChI=1S/C10H22INO/c1-5-6-7-10(2,3)9(8-13)12(4)11/h9,13H,5-8H2,1-4H3. The fourth-order valence-electron chi connectivity index (χ4n) is 1.64. The van der Waals surface area contributed by atoms with Crippen LogP contribution in [0.5, 0.6) is 0 Å². The topological polar surface area (TPSA) is 23.5 Å². The zero-order valence-electron chi connectivity index (χ0n) is 9.18. The van der Waals surface area contributed by atoms with Crippen LogP contribution in [0.1, 0.15) is 40.0 Å². The number of rotatable bonds is 6. The van der Waals surface area contributed by atoms with Gasteiger partial charge in [-0.15, -0.1) is 0 Å². The van der Waals surface area contributed by atoms with E-state index in [1.165, 1.54) is 19.3 Å². The van der Waals surface area contributed by atoms with Gasteiger partial charge in [0.1, 0.15) is 0 Å². The third kappa shape index (κ3) is 4.61. The van der Waals surface area contributed by atoms with E-state index < -0.39 is 0 Å². The van der Waals surface area contributed by atoms with Gasteiger partial charge in [0.05, 0.1) is 6.61 Å². The van der Waals surface area contributed by atoms with Gasteiger partial charge in [-0.2, -0.15) is 0 Å². The summed E-state index contributed by atoms with van der Waals surface area (Å²) in [6, 6.07) is 0.264. The fourth-order valence-corrected chi connectivity index (χ4v) is 2.57. The van der Waals surface area contributed by atoms with E-state index in [4.69, 9.17) is 0 Å². The molecule has 1 N–H and O–H groups in total. The molecule has 0 saturated carbocycles. The molecule has 0 radical (unpaired) electrons. The van der Waals surface area contributed by atoms with Gasteiger partial charge in [0.25, 0.3) is 0 Å². The first-order chi connectivity index (χ1) is 5.95. The lowest BCUT2D eigenvalue weighted by Crippen LogP contribution is -2.41. The predicted molar refractivity (Wildman–Crippen MR) is 66.0 cm³/mol. The Morgan fingerprint density at radius 2 is 2.00 bits per heavy atom. The summed E-state index contributed by atoms with van der Waals surface area (Å²) in [7, 11) is 2.02. The van der Waals surface area contributed by atoms with Crippen molar-refractivity contribution in [2.45, 2.75) is 46.1 Å². The number of unbranched alkanes of at least 4 members (excludes halogenated alkanes) is 1. The smallest absolute Gasteiger partial charge is 0.0600 e. The van der Waals surface area contributed by atoms with Gasteiger partial charge in [-0.25, -0.2) is 3.11 Å². The second-order valence-corrected chi connectivity index (χ2v) is 5.84. The highest BCUT2D eigenvalue weighted by Crippen LogP contribution is 2.31. The molecule has 0 aromatic heterocycles. The van der Waals surface area contributed by atoms with Crippen LogP contribution in [0.4, 0.5) is 0 Å². The third-order valence-electron chi connectivity index (χ3n) is 2.68. The van der Waals surface area contributed by atoms with Crippen molar-refractivity contribution < 1.29 is 5.11 Å². The number of aliphatic hydroxyl groups is 1. The average molecular weight is 299 g/mol. The Bertz CT molecular complexity index is 137. The molecule has 0 aromatic carbocycles. The minimum absolute atomic E-state index is 0.209. The molecule has 0 rings (SSSR count). The molecule has 13 heavy (non-hydrogen) atoms. The van der Waals surface area contributed by atoms with E-state index >= 15 is 0 Å². The Morgan fingerprint density at radius 3 is 2.31 bits per heavy atom. The maximum Gasteiger partial charge on any atom is 0.0600 e. The highest BCUT2D eigenvalue weighted by atomic mass is 127. The minimum Gasteiger partial charge on any atom is -0.395 e. The second kappa shape index (κ2) is 6.19. The number of hydrogen-bond donors (Lipinski definition) is 1. The van der Waals surface area contributed by atoms with Crippen LogP contribution in [0.25, 0.3) is 0 Å². The molecule has 0 fully saturated rings. The van der Waals surface area contributed by atoms with Crippen molar-refractivity contribution in [1.29, 1.82) is 0 Å². The molecule has 0 saturated heterocycles. The summed E-state index contributed by atoms with van der Waals surface area (Å²) >= 11 is 2.25. The van der Waals surface area contributed by atoms with E-state index in [0.29, 0.717) is 0 Å². The van der Waals surface area contributed by atoms with Gasteiger partial charge in [-0.1, -0.05) is 33.6 Å². The molecule has 1 atom stereocenters. The zero-order valence-corrected chi connectivity index (χ0v) is 11.3. The predicted octanol–water partition coefficient (Wildman–Crippen LogP) is 2.85. The Morgan fingerprint density at radius 1 is 1.46 bits per heavy atom. The highest BCUT2D eigenvalue weighted by molar-refractivity contribution is 14.1. The molecule has 80 valence electrons. The van der Waals surface area contributed by atoms with E-state index in [1.807, 2.05) is 7.05 Å². The van der Waals surface area contributed by atoms with Crippen LogP contribution in [0.15, 0.2) is 0 Å². The Labute approximate surface area is 96.2 Å². The molecular weight excluding hydrogens is 277 g/mol. The van der Waals surface area contributed by atoms with Gasteiger partial charge in [-0.3, -0.25) is 0 Å². The SMILES string of the molecule is CCCCC(C)(C)C(CO)N(C)I. The van der Waals surface area contributed by atoms with Gasteiger partial charge in [0.2, 0.25) is 0 Å². The average Bonchev–Trinajstić information content (AvgIpc) is 2.01. The van der Waals surface area contributed by atoms with Crippen molar-refractivity contribution in [2.24, 2.45) is 5.41 Å². The van der Waals surface area contributed by atoms with Crippen LogP contribution in [0.2, 0.25) is 0 Å². The van der Waals surface area contributed by atoms with Gasteiger partial charge in [-0.05, 0) is 18.9 Å². The molecular formula is C10H22INO. The Balaban J connectivity index is 4.20. The maximum absolute atomic E-state index is 9.28. The van der Waals surface area contributed by atoms with Gasteiger partial charge >= 0.3 is 0 Å². The van der Waals surface area contributed by atoms with Crippen molar-refractivity contribution in [3.8, 4) is 0 Å². The monoisotopic (exact) mass is 299 g/mol. The van der Waals surface area contributed by atoms with E-state index in [-0.39, 0.29) is 18.1 Å². The van der Waals surface area contributed by atoms with E-state index in [1.54, 1.807) is 0 Å². The van der Waals surface area contributed by atoms with Gasteiger partial charge in [0.15, 0.2) is 0 Å². The minimum atomic E-state index is 0.209. The van der Waals surface area contributed by atoms with Crippen molar-refractivity contribution in [1.82, 2.24) is 3.11 Å². The van der Waals surface area contributed by atoms with Crippen LogP contribution < -0.4 is 0 Å². The van der Waals surface area contributed by atoms with Crippen molar-refractivity contribution >= 4 is 22.9 Å².